The van der Waals surface area contributed by atoms with E-state index in [1.807, 2.05) is 13.8 Å². The molecule has 0 aromatic rings. The molecule has 3 heteroatoms. The van der Waals surface area contributed by atoms with Crippen LogP contribution in [0.25, 0.3) is 0 Å². The van der Waals surface area contributed by atoms with Crippen molar-refractivity contribution in [2.24, 2.45) is 5.92 Å². The van der Waals surface area contributed by atoms with Crippen molar-refractivity contribution in [3.63, 3.8) is 0 Å². The van der Waals surface area contributed by atoms with Gasteiger partial charge in [-0.3, -0.25) is 4.79 Å². The molecule has 0 rings (SSSR count). The summed E-state index contributed by atoms with van der Waals surface area (Å²) in [6.45, 7) is 3.77. The van der Waals surface area contributed by atoms with Crippen molar-refractivity contribution in [3.8, 4) is 0 Å². The van der Waals surface area contributed by atoms with Gasteiger partial charge < -0.3 is 5.11 Å². The van der Waals surface area contributed by atoms with Gasteiger partial charge in [-0.2, -0.15) is 0 Å². The van der Waals surface area contributed by atoms with Crippen molar-refractivity contribution in [2.75, 3.05) is 0 Å². The fourth-order valence-electron chi connectivity index (χ4n) is 0.349. The van der Waals surface area contributed by atoms with Gasteiger partial charge >= 0.3 is 5.97 Å². The van der Waals surface area contributed by atoms with Gasteiger partial charge in [0.15, 0.2) is 0 Å². The third-order valence-corrected chi connectivity index (χ3v) is 0.583. The second-order valence-corrected chi connectivity index (χ2v) is 1.99. The van der Waals surface area contributed by atoms with Crippen LogP contribution in [-0.4, -0.2) is 11.1 Å². The molecule has 0 aliphatic rings. The number of hydrogen-bond donors (Lipinski definition) is 1. The Balaban J connectivity index is 0. The molecular formula is C5H10NdO2. The first kappa shape index (κ1) is 11.6. The Morgan fingerprint density at radius 2 is 2.00 bits per heavy atom. The molecule has 8 heavy (non-hydrogen) atoms. The first-order valence-electron chi connectivity index (χ1n) is 2.34. The molecule has 1 N–H and O–H groups in total. The van der Waals surface area contributed by atoms with Gasteiger partial charge in [-0.15, -0.1) is 0 Å². The van der Waals surface area contributed by atoms with E-state index in [1.54, 1.807) is 0 Å². The molecule has 0 aromatic carbocycles. The molecular weight excluding hydrogens is 236 g/mol. The van der Waals surface area contributed by atoms with Crippen molar-refractivity contribution in [3.05, 3.63) is 0 Å². The second-order valence-electron chi connectivity index (χ2n) is 1.99. The van der Waals surface area contributed by atoms with Crippen LogP contribution < -0.4 is 0 Å². The first-order chi connectivity index (χ1) is 3.13. The molecule has 0 unspecified atom stereocenters. The molecule has 0 fully saturated rings. The van der Waals surface area contributed by atoms with Crippen LogP contribution in [0.1, 0.15) is 20.3 Å². The summed E-state index contributed by atoms with van der Waals surface area (Å²) < 4.78 is 0. The Labute approximate surface area is 82.2 Å². The van der Waals surface area contributed by atoms with Crippen LogP contribution in [0.5, 0.6) is 0 Å². The largest absolute Gasteiger partial charge is 0.481 e. The van der Waals surface area contributed by atoms with Crippen LogP contribution >= 0.6 is 0 Å². The van der Waals surface area contributed by atoms with E-state index < -0.39 is 5.97 Å². The maximum Gasteiger partial charge on any atom is 0.303 e. The maximum atomic E-state index is 9.81. The topological polar surface area (TPSA) is 37.3 Å². The van der Waals surface area contributed by atoms with Gasteiger partial charge in [0.2, 0.25) is 0 Å². The fraction of sp³-hybridized carbons (Fsp3) is 0.800. The number of hydrogen-bond acceptors (Lipinski definition) is 1. The number of aliphatic carboxylic acids is 1. The zero-order chi connectivity index (χ0) is 5.86. The van der Waals surface area contributed by atoms with Gasteiger partial charge in [0.1, 0.15) is 0 Å². The predicted molar refractivity (Wildman–Crippen MR) is 27.1 cm³/mol. The van der Waals surface area contributed by atoms with E-state index in [-0.39, 0.29) is 53.2 Å². The van der Waals surface area contributed by atoms with E-state index in [9.17, 15) is 4.79 Å². The summed E-state index contributed by atoms with van der Waals surface area (Å²) in [5.74, 6) is -0.438. The molecule has 0 bridgehead atoms. The van der Waals surface area contributed by atoms with Gasteiger partial charge in [-0.1, -0.05) is 13.8 Å². The van der Waals surface area contributed by atoms with Crippen LogP contribution in [0.3, 0.4) is 0 Å². The van der Waals surface area contributed by atoms with Crippen LogP contribution in [0.2, 0.25) is 0 Å². The molecule has 0 atom stereocenters. The Morgan fingerprint density at radius 1 is 1.62 bits per heavy atom. The molecule has 0 spiro atoms. The summed E-state index contributed by atoms with van der Waals surface area (Å²) in [6.07, 6.45) is 0.278. The van der Waals surface area contributed by atoms with E-state index in [0.29, 0.717) is 0 Å². The Kier molecular flexibility index (Phi) is 8.62. The summed E-state index contributed by atoms with van der Waals surface area (Å²) in [4.78, 5) is 9.81. The molecule has 0 aliphatic heterocycles. The van der Waals surface area contributed by atoms with E-state index in [4.69, 9.17) is 5.11 Å². The number of carboxylic acids is 1. The maximum absolute atomic E-state index is 9.81. The smallest absolute Gasteiger partial charge is 0.303 e. The summed E-state index contributed by atoms with van der Waals surface area (Å²) in [6, 6.07) is 0. The van der Waals surface area contributed by atoms with Crippen molar-refractivity contribution in [1.82, 2.24) is 0 Å². The van der Waals surface area contributed by atoms with Gasteiger partial charge in [-0.25, -0.2) is 0 Å². The van der Waals surface area contributed by atoms with E-state index in [0.717, 1.165) is 0 Å². The SMILES string of the molecule is CC(C)CC(=O)O.[Nd]. The van der Waals surface area contributed by atoms with Crippen molar-refractivity contribution in [1.29, 1.82) is 0 Å². The van der Waals surface area contributed by atoms with Crippen LogP contribution in [0, 0.1) is 46.8 Å². The minimum atomic E-state index is -0.713. The first-order valence-corrected chi connectivity index (χ1v) is 2.34. The monoisotopic (exact) mass is 244 g/mol. The van der Waals surface area contributed by atoms with Crippen molar-refractivity contribution >= 4 is 5.97 Å². The third kappa shape index (κ3) is 9.94. The predicted octanol–water partition coefficient (Wildman–Crippen LogP) is 1.12. The van der Waals surface area contributed by atoms with Crippen LogP contribution in [-0.2, 0) is 4.79 Å². The minimum absolute atomic E-state index is 0. The zero-order valence-electron chi connectivity index (χ0n) is 5.14. The quantitative estimate of drug-likeness (QED) is 0.793. The van der Waals surface area contributed by atoms with E-state index in [1.165, 1.54) is 0 Å². The molecule has 0 saturated heterocycles. The standard InChI is InChI=1S/C5H10O2.Nd/c1-4(2)3-5(6)7;/h4H,3H2,1-2H3,(H,6,7);. The molecule has 46 valence electrons. The molecule has 0 radical (unpaired) electrons. The number of rotatable bonds is 2. The van der Waals surface area contributed by atoms with Crippen molar-refractivity contribution in [2.45, 2.75) is 20.3 Å². The summed E-state index contributed by atoms with van der Waals surface area (Å²) in [5.41, 5.74) is 0. The van der Waals surface area contributed by atoms with Crippen LogP contribution in [0.4, 0.5) is 0 Å². The third-order valence-electron chi connectivity index (χ3n) is 0.583. The molecule has 0 aliphatic carbocycles. The average Bonchev–Trinajstić information content (AvgIpc) is 1.27. The van der Waals surface area contributed by atoms with Gasteiger partial charge in [-0.05, 0) is 5.92 Å². The summed E-state index contributed by atoms with van der Waals surface area (Å²) in [5, 5.41) is 8.08. The van der Waals surface area contributed by atoms with E-state index >= 15 is 0 Å². The van der Waals surface area contributed by atoms with Gasteiger partial charge in [0.05, 0.1) is 0 Å². The van der Waals surface area contributed by atoms with Gasteiger partial charge in [0.25, 0.3) is 0 Å². The Morgan fingerprint density at radius 3 is 2.00 bits per heavy atom. The second kappa shape index (κ2) is 5.95. The molecule has 0 aromatic heterocycles. The Bertz CT molecular complexity index is 70.8. The summed E-state index contributed by atoms with van der Waals surface area (Å²) >= 11 is 0. The normalized spacial score (nSPS) is 8.38. The Hall–Kier alpha value is 0.821. The molecule has 0 heterocycles. The average molecular weight is 246 g/mol. The minimum Gasteiger partial charge on any atom is -0.481 e. The van der Waals surface area contributed by atoms with E-state index in [2.05, 4.69) is 0 Å². The molecule has 0 amide bonds. The fourth-order valence-corrected chi connectivity index (χ4v) is 0.349. The number of carbonyl (C=O) groups is 1. The molecule has 2 nitrogen and oxygen atoms in total. The number of carboxylic acid groups (broad SMARTS) is 1. The summed E-state index contributed by atoms with van der Waals surface area (Å²) in [7, 11) is 0. The van der Waals surface area contributed by atoms with Crippen LogP contribution in [0.15, 0.2) is 0 Å². The van der Waals surface area contributed by atoms with Gasteiger partial charge in [0, 0.05) is 47.3 Å². The van der Waals surface area contributed by atoms with Crippen molar-refractivity contribution < 1.29 is 50.7 Å². The molecule has 0 saturated carbocycles. The zero-order valence-corrected chi connectivity index (χ0v) is 8.35.